The summed E-state index contributed by atoms with van der Waals surface area (Å²) in [6.07, 6.45) is -1.72. The van der Waals surface area contributed by atoms with Gasteiger partial charge < -0.3 is 15.9 Å². The number of hydrogen-bond acceptors (Lipinski definition) is 3. The predicted octanol–water partition coefficient (Wildman–Crippen LogP) is 0.809. The van der Waals surface area contributed by atoms with Crippen LogP contribution in [0.3, 0.4) is 0 Å². The molecular weight excluding hydrogens is 230 g/mol. The van der Waals surface area contributed by atoms with Gasteiger partial charge >= 0.3 is 0 Å². The molecule has 0 bridgehead atoms. The molecule has 0 heterocycles. The molecule has 4 nitrogen and oxygen atoms in total. The normalized spacial score (nSPS) is 14.4. The third kappa shape index (κ3) is 3.20. The molecule has 0 spiro atoms. The number of carbonyl (C=O) groups is 1. The molecular formula is C11H14ClNO3. The minimum atomic E-state index is -1.06. The molecule has 1 amide bonds. The van der Waals surface area contributed by atoms with Crippen molar-refractivity contribution >= 4 is 17.5 Å². The highest BCUT2D eigenvalue weighted by Gasteiger charge is 2.18. The van der Waals surface area contributed by atoms with E-state index >= 15 is 0 Å². The molecule has 2 atom stereocenters. The first-order chi connectivity index (χ1) is 7.56. The average molecular weight is 244 g/mol. The summed E-state index contributed by atoms with van der Waals surface area (Å²) in [6, 6.07) is 6.23. The van der Waals surface area contributed by atoms with Crippen LogP contribution in [0.15, 0.2) is 24.3 Å². The van der Waals surface area contributed by atoms with E-state index in [0.717, 1.165) is 0 Å². The predicted molar refractivity (Wildman–Crippen MR) is 61.3 cm³/mol. The molecule has 1 aromatic rings. The number of alkyl halides is 1. The molecule has 16 heavy (non-hydrogen) atoms. The summed E-state index contributed by atoms with van der Waals surface area (Å²) in [4.78, 5) is 10.9. The largest absolute Gasteiger partial charge is 0.390 e. The third-order valence-corrected chi connectivity index (χ3v) is 2.50. The van der Waals surface area contributed by atoms with Crippen molar-refractivity contribution in [1.82, 2.24) is 0 Å². The van der Waals surface area contributed by atoms with Crippen molar-refractivity contribution in [2.45, 2.75) is 18.6 Å². The van der Waals surface area contributed by atoms with E-state index in [0.29, 0.717) is 11.1 Å². The molecule has 0 aliphatic carbocycles. The molecule has 0 radical (unpaired) electrons. The van der Waals surface area contributed by atoms with Gasteiger partial charge in [0.2, 0.25) is 5.91 Å². The van der Waals surface area contributed by atoms with E-state index in [1.165, 1.54) is 6.07 Å². The summed E-state index contributed by atoms with van der Waals surface area (Å²) >= 11 is 5.46. The number of halogens is 1. The van der Waals surface area contributed by atoms with E-state index in [1.54, 1.807) is 18.2 Å². The second-order valence-electron chi connectivity index (χ2n) is 3.48. The maximum Gasteiger partial charge on any atom is 0.248 e. The molecule has 0 saturated heterocycles. The Morgan fingerprint density at radius 1 is 1.44 bits per heavy atom. The summed E-state index contributed by atoms with van der Waals surface area (Å²) in [7, 11) is 0. The summed E-state index contributed by atoms with van der Waals surface area (Å²) in [5, 5.41) is 19.3. The van der Waals surface area contributed by atoms with Gasteiger partial charge in [-0.05, 0) is 24.1 Å². The van der Waals surface area contributed by atoms with Gasteiger partial charge in [-0.25, -0.2) is 0 Å². The van der Waals surface area contributed by atoms with Crippen molar-refractivity contribution in [2.75, 3.05) is 5.88 Å². The molecule has 0 fully saturated rings. The summed E-state index contributed by atoms with van der Waals surface area (Å²) in [6.45, 7) is 0. The van der Waals surface area contributed by atoms with Crippen LogP contribution >= 0.6 is 11.6 Å². The standard InChI is InChI=1S/C11H14ClNO3/c12-5-4-9(14)10(15)7-2-1-3-8(6-7)11(13)16/h1-3,6,9-10,14-15H,4-5H2,(H2,13,16). The van der Waals surface area contributed by atoms with Gasteiger partial charge in [-0.1, -0.05) is 12.1 Å². The van der Waals surface area contributed by atoms with Gasteiger partial charge in [0.1, 0.15) is 6.10 Å². The van der Waals surface area contributed by atoms with Crippen LogP contribution in [-0.2, 0) is 0 Å². The van der Waals surface area contributed by atoms with Crippen molar-refractivity contribution in [1.29, 1.82) is 0 Å². The zero-order valence-corrected chi connectivity index (χ0v) is 9.39. The van der Waals surface area contributed by atoms with E-state index in [9.17, 15) is 15.0 Å². The van der Waals surface area contributed by atoms with Gasteiger partial charge in [-0.15, -0.1) is 11.6 Å². The van der Waals surface area contributed by atoms with Crippen molar-refractivity contribution in [3.63, 3.8) is 0 Å². The Balaban J connectivity index is 2.86. The van der Waals surface area contributed by atoms with Crippen LogP contribution in [0.5, 0.6) is 0 Å². The Bertz CT molecular complexity index is 370. The molecule has 0 saturated carbocycles. The van der Waals surface area contributed by atoms with Crippen LogP contribution in [-0.4, -0.2) is 28.1 Å². The average Bonchev–Trinajstić information content (AvgIpc) is 2.28. The van der Waals surface area contributed by atoms with Crippen LogP contribution in [0.1, 0.15) is 28.4 Å². The third-order valence-electron chi connectivity index (χ3n) is 2.28. The second kappa shape index (κ2) is 5.84. The van der Waals surface area contributed by atoms with Crippen molar-refractivity contribution in [3.05, 3.63) is 35.4 Å². The highest BCUT2D eigenvalue weighted by atomic mass is 35.5. The summed E-state index contributed by atoms with van der Waals surface area (Å²) < 4.78 is 0. The number of amides is 1. The lowest BCUT2D eigenvalue weighted by atomic mass is 10.0. The Hall–Kier alpha value is -1.10. The lowest BCUT2D eigenvalue weighted by Gasteiger charge is -2.17. The Morgan fingerprint density at radius 3 is 2.69 bits per heavy atom. The number of rotatable bonds is 5. The van der Waals surface area contributed by atoms with E-state index in [1.807, 2.05) is 0 Å². The zero-order chi connectivity index (χ0) is 12.1. The zero-order valence-electron chi connectivity index (χ0n) is 8.64. The number of benzene rings is 1. The molecule has 2 unspecified atom stereocenters. The van der Waals surface area contributed by atoms with Gasteiger partial charge in [0.05, 0.1) is 6.10 Å². The molecule has 0 aromatic heterocycles. The fourth-order valence-electron chi connectivity index (χ4n) is 1.37. The molecule has 0 aliphatic heterocycles. The Kier molecular flexibility index (Phi) is 4.73. The van der Waals surface area contributed by atoms with E-state index in [-0.39, 0.29) is 12.3 Å². The first kappa shape index (κ1) is 13.0. The molecule has 1 aromatic carbocycles. The van der Waals surface area contributed by atoms with Crippen molar-refractivity contribution in [3.8, 4) is 0 Å². The monoisotopic (exact) mass is 243 g/mol. The van der Waals surface area contributed by atoms with Crippen LogP contribution in [0.25, 0.3) is 0 Å². The van der Waals surface area contributed by atoms with Gasteiger partial charge in [-0.2, -0.15) is 0 Å². The summed E-state index contributed by atoms with van der Waals surface area (Å²) in [5.74, 6) is -0.311. The maximum atomic E-state index is 10.9. The molecule has 88 valence electrons. The fourth-order valence-corrected chi connectivity index (χ4v) is 1.59. The Morgan fingerprint density at radius 2 is 2.12 bits per heavy atom. The van der Waals surface area contributed by atoms with E-state index < -0.39 is 18.1 Å². The molecule has 4 N–H and O–H groups in total. The second-order valence-corrected chi connectivity index (χ2v) is 3.86. The topological polar surface area (TPSA) is 83.6 Å². The number of hydrogen-bond donors (Lipinski definition) is 3. The number of primary amides is 1. The SMILES string of the molecule is NC(=O)c1cccc(C(O)C(O)CCCl)c1. The smallest absolute Gasteiger partial charge is 0.248 e. The first-order valence-electron chi connectivity index (χ1n) is 4.88. The first-order valence-corrected chi connectivity index (χ1v) is 5.41. The fraction of sp³-hybridized carbons (Fsp3) is 0.364. The number of carbonyl (C=O) groups excluding carboxylic acids is 1. The maximum absolute atomic E-state index is 10.9. The van der Waals surface area contributed by atoms with E-state index in [4.69, 9.17) is 17.3 Å². The molecule has 0 aliphatic rings. The van der Waals surface area contributed by atoms with Gasteiger partial charge in [0.25, 0.3) is 0 Å². The van der Waals surface area contributed by atoms with E-state index in [2.05, 4.69) is 0 Å². The number of aliphatic hydroxyl groups excluding tert-OH is 2. The van der Waals surface area contributed by atoms with Crippen LogP contribution in [0.2, 0.25) is 0 Å². The van der Waals surface area contributed by atoms with Crippen molar-refractivity contribution in [2.24, 2.45) is 5.73 Å². The molecule has 1 rings (SSSR count). The highest BCUT2D eigenvalue weighted by molar-refractivity contribution is 6.17. The minimum Gasteiger partial charge on any atom is -0.390 e. The Labute approximate surface area is 98.6 Å². The number of nitrogens with two attached hydrogens (primary N) is 1. The van der Waals surface area contributed by atoms with Crippen molar-refractivity contribution < 1.29 is 15.0 Å². The summed E-state index contributed by atoms with van der Waals surface area (Å²) in [5.41, 5.74) is 5.87. The molecule has 5 heteroatoms. The lowest BCUT2D eigenvalue weighted by molar-refractivity contribution is 0.0169. The van der Waals surface area contributed by atoms with Crippen LogP contribution in [0, 0.1) is 0 Å². The minimum absolute atomic E-state index is 0.258. The quantitative estimate of drug-likeness (QED) is 0.669. The van der Waals surface area contributed by atoms with Crippen LogP contribution in [0.4, 0.5) is 0 Å². The van der Waals surface area contributed by atoms with Gasteiger partial charge in [-0.3, -0.25) is 4.79 Å². The highest BCUT2D eigenvalue weighted by Crippen LogP contribution is 2.20. The van der Waals surface area contributed by atoms with Crippen LogP contribution < -0.4 is 5.73 Å². The number of aliphatic hydroxyl groups is 2. The van der Waals surface area contributed by atoms with Gasteiger partial charge in [0, 0.05) is 11.4 Å². The lowest BCUT2D eigenvalue weighted by Crippen LogP contribution is -2.19. The van der Waals surface area contributed by atoms with Gasteiger partial charge in [0.15, 0.2) is 0 Å².